The third-order valence-electron chi connectivity index (χ3n) is 9.47. The first kappa shape index (κ1) is 26.4. The summed E-state index contributed by atoms with van der Waals surface area (Å²) < 4.78 is 0. The van der Waals surface area contributed by atoms with Gasteiger partial charge in [0.05, 0.1) is 0 Å². The molecule has 214 valence electrons. The van der Waals surface area contributed by atoms with Crippen molar-refractivity contribution in [2.24, 2.45) is 0 Å². The van der Waals surface area contributed by atoms with Gasteiger partial charge in [-0.25, -0.2) is 0 Å². The van der Waals surface area contributed by atoms with E-state index in [1.165, 1.54) is 88.0 Å². The highest BCUT2D eigenvalue weighted by Gasteiger charge is 2.18. The van der Waals surface area contributed by atoms with Crippen molar-refractivity contribution in [1.82, 2.24) is 0 Å². The maximum Gasteiger partial charge on any atom is -0.00141 e. The van der Waals surface area contributed by atoms with E-state index in [0.29, 0.717) is 0 Å². The molecule has 0 fully saturated rings. The average molecular weight is 583 g/mol. The Kier molecular flexibility index (Phi) is 6.25. The molecule has 0 radical (unpaired) electrons. The molecule has 0 heterocycles. The number of benzene rings is 9. The third kappa shape index (κ3) is 4.38. The fourth-order valence-corrected chi connectivity index (χ4v) is 7.19. The van der Waals surface area contributed by atoms with Gasteiger partial charge in [0.1, 0.15) is 0 Å². The van der Waals surface area contributed by atoms with E-state index < -0.39 is 0 Å². The molecule has 0 aromatic heterocycles. The summed E-state index contributed by atoms with van der Waals surface area (Å²) in [5, 5.41) is 7.81. The van der Waals surface area contributed by atoms with Gasteiger partial charge in [-0.3, -0.25) is 0 Å². The van der Waals surface area contributed by atoms with Crippen LogP contribution in [-0.2, 0) is 0 Å². The fourth-order valence-electron chi connectivity index (χ4n) is 7.19. The highest BCUT2D eigenvalue weighted by molar-refractivity contribution is 6.30. The first-order valence-electron chi connectivity index (χ1n) is 15.9. The van der Waals surface area contributed by atoms with Crippen LogP contribution in [0, 0.1) is 0 Å². The summed E-state index contributed by atoms with van der Waals surface area (Å²) in [6, 6.07) is 66.5. The van der Waals surface area contributed by atoms with Crippen LogP contribution in [0.25, 0.3) is 88.0 Å². The predicted molar refractivity (Wildman–Crippen MR) is 197 cm³/mol. The van der Waals surface area contributed by atoms with Gasteiger partial charge in [0.2, 0.25) is 0 Å². The minimum atomic E-state index is 1.23. The maximum absolute atomic E-state index is 2.41. The molecule has 0 nitrogen and oxygen atoms in total. The van der Waals surface area contributed by atoms with Gasteiger partial charge in [-0.1, -0.05) is 176 Å². The zero-order chi connectivity index (χ0) is 30.5. The molecule has 0 aliphatic heterocycles. The highest BCUT2D eigenvalue weighted by Crippen LogP contribution is 2.46. The molecule has 9 rings (SSSR count). The molecular formula is C46H30. The molecule has 0 aliphatic carbocycles. The van der Waals surface area contributed by atoms with E-state index in [1.807, 2.05) is 0 Å². The minimum absolute atomic E-state index is 1.23. The Balaban J connectivity index is 1.30. The third-order valence-corrected chi connectivity index (χ3v) is 9.47. The van der Waals surface area contributed by atoms with E-state index in [9.17, 15) is 0 Å². The normalized spacial score (nSPS) is 11.5. The summed E-state index contributed by atoms with van der Waals surface area (Å²) in [6.07, 6.45) is 0. The van der Waals surface area contributed by atoms with Crippen LogP contribution in [0.2, 0.25) is 0 Å². The lowest BCUT2D eigenvalue weighted by Crippen LogP contribution is -1.92. The summed E-state index contributed by atoms with van der Waals surface area (Å²) in [5.41, 5.74) is 12.4. The molecular weight excluding hydrogens is 553 g/mol. The van der Waals surface area contributed by atoms with Crippen molar-refractivity contribution in [3.63, 3.8) is 0 Å². The predicted octanol–water partition coefficient (Wildman–Crippen LogP) is 12.9. The monoisotopic (exact) mass is 582 g/mol. The number of hydrogen-bond acceptors (Lipinski definition) is 0. The Morgan fingerprint density at radius 2 is 0.565 bits per heavy atom. The Morgan fingerprint density at radius 3 is 1.07 bits per heavy atom. The molecule has 0 atom stereocenters. The van der Waals surface area contributed by atoms with Crippen molar-refractivity contribution in [1.29, 1.82) is 0 Å². The second-order valence-electron chi connectivity index (χ2n) is 12.1. The molecule has 0 saturated heterocycles. The van der Waals surface area contributed by atoms with Gasteiger partial charge < -0.3 is 0 Å². The van der Waals surface area contributed by atoms with E-state index in [1.54, 1.807) is 0 Å². The standard InChI is InChI=1S/C46H30/c1-4-10-31(11-5-1)33-16-20-36(21-17-33)43-30-44(37-22-18-34(19-23-37)32-12-6-2-7-13-32)42-29-28-40-39(35-14-8-3-9-15-35)26-24-38-25-27-41(43)46(42)45(38)40/h1-30H. The lowest BCUT2D eigenvalue weighted by Gasteiger charge is -2.20. The van der Waals surface area contributed by atoms with Crippen molar-refractivity contribution >= 4 is 32.3 Å². The molecule has 0 aliphatic rings. The van der Waals surface area contributed by atoms with Crippen molar-refractivity contribution < 1.29 is 0 Å². The largest absolute Gasteiger partial charge is 0.0622 e. The van der Waals surface area contributed by atoms with Crippen molar-refractivity contribution in [3.05, 3.63) is 182 Å². The maximum atomic E-state index is 2.41. The molecule has 0 bridgehead atoms. The first-order valence-corrected chi connectivity index (χ1v) is 15.9. The Hall–Kier alpha value is -5.98. The van der Waals surface area contributed by atoms with E-state index in [0.717, 1.165) is 0 Å². The quantitative estimate of drug-likeness (QED) is 0.177. The summed E-state index contributed by atoms with van der Waals surface area (Å²) in [6.45, 7) is 0. The van der Waals surface area contributed by atoms with E-state index >= 15 is 0 Å². The zero-order valence-corrected chi connectivity index (χ0v) is 25.3. The van der Waals surface area contributed by atoms with E-state index in [4.69, 9.17) is 0 Å². The van der Waals surface area contributed by atoms with Crippen molar-refractivity contribution in [2.75, 3.05) is 0 Å². The van der Waals surface area contributed by atoms with Crippen LogP contribution in [0.4, 0.5) is 0 Å². The lowest BCUT2D eigenvalue weighted by atomic mass is 9.84. The van der Waals surface area contributed by atoms with Crippen LogP contribution in [-0.4, -0.2) is 0 Å². The van der Waals surface area contributed by atoms with Gasteiger partial charge in [-0.2, -0.15) is 0 Å². The lowest BCUT2D eigenvalue weighted by molar-refractivity contribution is 1.59. The van der Waals surface area contributed by atoms with Crippen molar-refractivity contribution in [3.8, 4) is 55.6 Å². The average Bonchev–Trinajstić information content (AvgIpc) is 3.15. The SMILES string of the molecule is c1ccc(-c2ccc(-c3cc(-c4ccc(-c5ccccc5)cc4)c4ccc5c(-c6ccccc6)ccc6ccc3c4c65)cc2)cc1. The van der Waals surface area contributed by atoms with Crippen molar-refractivity contribution in [2.45, 2.75) is 0 Å². The summed E-state index contributed by atoms with van der Waals surface area (Å²) in [4.78, 5) is 0. The minimum Gasteiger partial charge on any atom is -0.0622 e. The smallest absolute Gasteiger partial charge is 0.00141 e. The van der Waals surface area contributed by atoms with Crippen LogP contribution in [0.1, 0.15) is 0 Å². The van der Waals surface area contributed by atoms with E-state index in [2.05, 4.69) is 182 Å². The van der Waals surface area contributed by atoms with Gasteiger partial charge in [-0.05, 0) is 94.0 Å². The molecule has 0 unspecified atom stereocenters. The second kappa shape index (κ2) is 10.9. The molecule has 9 aromatic rings. The summed E-state index contributed by atoms with van der Waals surface area (Å²) in [5.74, 6) is 0. The fraction of sp³-hybridized carbons (Fsp3) is 0. The number of rotatable bonds is 5. The zero-order valence-electron chi connectivity index (χ0n) is 25.3. The molecule has 0 N–H and O–H groups in total. The van der Waals surface area contributed by atoms with Crippen LogP contribution in [0.15, 0.2) is 182 Å². The van der Waals surface area contributed by atoms with Gasteiger partial charge >= 0.3 is 0 Å². The topological polar surface area (TPSA) is 0 Å². The van der Waals surface area contributed by atoms with Crippen LogP contribution >= 0.6 is 0 Å². The number of hydrogen-bond donors (Lipinski definition) is 0. The highest BCUT2D eigenvalue weighted by atomic mass is 14.2. The van der Waals surface area contributed by atoms with Gasteiger partial charge in [-0.15, -0.1) is 0 Å². The van der Waals surface area contributed by atoms with Gasteiger partial charge in [0.25, 0.3) is 0 Å². The molecule has 46 heavy (non-hydrogen) atoms. The molecule has 0 amide bonds. The Morgan fingerprint density at radius 1 is 0.217 bits per heavy atom. The van der Waals surface area contributed by atoms with Gasteiger partial charge in [0.15, 0.2) is 0 Å². The van der Waals surface area contributed by atoms with Crippen LogP contribution < -0.4 is 0 Å². The molecule has 9 aromatic carbocycles. The molecule has 0 saturated carbocycles. The summed E-state index contributed by atoms with van der Waals surface area (Å²) in [7, 11) is 0. The Bertz CT molecular complexity index is 2350. The van der Waals surface area contributed by atoms with E-state index in [-0.39, 0.29) is 0 Å². The second-order valence-corrected chi connectivity index (χ2v) is 12.1. The molecule has 0 spiro atoms. The Labute approximate surface area is 269 Å². The van der Waals surface area contributed by atoms with Crippen LogP contribution in [0.5, 0.6) is 0 Å². The van der Waals surface area contributed by atoms with Crippen LogP contribution in [0.3, 0.4) is 0 Å². The van der Waals surface area contributed by atoms with Gasteiger partial charge in [0, 0.05) is 0 Å². The first-order chi connectivity index (χ1) is 22.8. The summed E-state index contributed by atoms with van der Waals surface area (Å²) >= 11 is 0. The molecule has 0 heteroatoms.